The maximum atomic E-state index is 13.6. The van der Waals surface area contributed by atoms with Crippen LogP contribution in [0.1, 0.15) is 22.7 Å². The zero-order chi connectivity index (χ0) is 26.5. The number of nitrogens with zero attached hydrogens (tertiary/aromatic N) is 2. The Morgan fingerprint density at radius 2 is 1.39 bits per heavy atom. The molecule has 1 fully saturated rings. The van der Waals surface area contributed by atoms with Crippen molar-refractivity contribution in [2.24, 2.45) is 0 Å². The summed E-state index contributed by atoms with van der Waals surface area (Å²) in [5.74, 6) is -0.872. The van der Waals surface area contributed by atoms with E-state index in [-0.39, 0.29) is 13.2 Å². The summed E-state index contributed by atoms with van der Waals surface area (Å²) in [7, 11) is 0. The smallest absolute Gasteiger partial charge is 0.411 e. The molecule has 1 unspecified atom stereocenters. The van der Waals surface area contributed by atoms with Gasteiger partial charge in [0.1, 0.15) is 18.5 Å². The minimum atomic E-state index is -0.908. The molecule has 1 aliphatic rings. The lowest BCUT2D eigenvalue weighted by molar-refractivity contribution is -0.120. The van der Waals surface area contributed by atoms with E-state index in [1.807, 2.05) is 60.7 Å². The number of urea groups is 1. The average Bonchev–Trinajstić information content (AvgIpc) is 3.18. The Hall–Kier alpha value is -4.98. The largest absolute Gasteiger partial charge is 0.444 e. The molecule has 4 aromatic carbocycles. The van der Waals surface area contributed by atoms with E-state index in [1.165, 1.54) is 29.2 Å². The van der Waals surface area contributed by atoms with Gasteiger partial charge in [-0.15, -0.1) is 0 Å². The van der Waals surface area contributed by atoms with Gasteiger partial charge in [-0.2, -0.15) is 0 Å². The number of imide groups is 1. The Kier molecular flexibility index (Phi) is 7.13. The SMILES string of the molecule is O=C(Nc1ccc(N2C(=O)C(c3ccc(F)cc3)N(Cc3ccccc3)C2=O)cc1)OCc1ccccc1. The third-order valence-electron chi connectivity index (χ3n) is 6.17. The van der Waals surface area contributed by atoms with Crippen molar-refractivity contribution in [2.75, 3.05) is 10.2 Å². The van der Waals surface area contributed by atoms with Gasteiger partial charge in [0.05, 0.1) is 5.69 Å². The molecule has 4 aromatic rings. The highest BCUT2D eigenvalue weighted by Gasteiger charge is 2.46. The van der Waals surface area contributed by atoms with Crippen molar-refractivity contribution >= 4 is 29.4 Å². The summed E-state index contributed by atoms with van der Waals surface area (Å²) >= 11 is 0. The first-order chi connectivity index (χ1) is 18.5. The third-order valence-corrected chi connectivity index (χ3v) is 6.17. The van der Waals surface area contributed by atoms with Gasteiger partial charge in [0.25, 0.3) is 5.91 Å². The summed E-state index contributed by atoms with van der Waals surface area (Å²) < 4.78 is 18.8. The van der Waals surface area contributed by atoms with Crippen LogP contribution in [0.2, 0.25) is 0 Å². The van der Waals surface area contributed by atoms with Crippen molar-refractivity contribution < 1.29 is 23.5 Å². The number of anilines is 2. The van der Waals surface area contributed by atoms with E-state index in [0.717, 1.165) is 16.0 Å². The van der Waals surface area contributed by atoms with Crippen LogP contribution in [0.3, 0.4) is 0 Å². The predicted octanol–water partition coefficient (Wildman–Crippen LogP) is 6.28. The van der Waals surface area contributed by atoms with Gasteiger partial charge in [0, 0.05) is 12.2 Å². The van der Waals surface area contributed by atoms with Gasteiger partial charge < -0.3 is 9.64 Å². The minimum absolute atomic E-state index is 0.129. The van der Waals surface area contributed by atoms with Gasteiger partial charge in [-0.1, -0.05) is 72.8 Å². The molecule has 38 heavy (non-hydrogen) atoms. The van der Waals surface area contributed by atoms with E-state index < -0.39 is 29.9 Å². The van der Waals surface area contributed by atoms with Gasteiger partial charge in [0.15, 0.2) is 0 Å². The molecular formula is C30H24FN3O4. The highest BCUT2D eigenvalue weighted by molar-refractivity contribution is 6.21. The molecule has 0 bridgehead atoms. The normalized spacial score (nSPS) is 15.0. The fourth-order valence-electron chi connectivity index (χ4n) is 4.30. The molecule has 5 rings (SSSR count). The first-order valence-corrected chi connectivity index (χ1v) is 12.0. The van der Waals surface area contributed by atoms with Crippen LogP contribution in [0, 0.1) is 5.82 Å². The van der Waals surface area contributed by atoms with Crippen LogP contribution in [0.4, 0.5) is 25.4 Å². The maximum absolute atomic E-state index is 13.6. The molecule has 1 aliphatic heterocycles. The van der Waals surface area contributed by atoms with E-state index in [1.54, 1.807) is 24.3 Å². The zero-order valence-corrected chi connectivity index (χ0v) is 20.3. The monoisotopic (exact) mass is 509 g/mol. The molecule has 0 aromatic heterocycles. The van der Waals surface area contributed by atoms with Crippen LogP contribution in [0.25, 0.3) is 0 Å². The molecule has 1 N–H and O–H groups in total. The standard InChI is InChI=1S/C30H24FN3O4/c31-24-13-11-23(12-14-24)27-28(35)34(30(37)33(27)19-21-7-3-1-4-8-21)26-17-15-25(16-18-26)32-29(36)38-20-22-9-5-2-6-10-22/h1-18,27H,19-20H2,(H,32,36). The summed E-state index contributed by atoms with van der Waals surface area (Å²) in [6.07, 6.45) is -0.625. The molecule has 1 saturated heterocycles. The number of benzene rings is 4. The van der Waals surface area contributed by atoms with Crippen LogP contribution in [0.15, 0.2) is 109 Å². The van der Waals surface area contributed by atoms with Gasteiger partial charge in [-0.05, 0) is 53.1 Å². The second-order valence-electron chi connectivity index (χ2n) is 8.76. The number of amides is 4. The summed E-state index contributed by atoms with van der Waals surface area (Å²) in [5, 5.41) is 2.64. The van der Waals surface area contributed by atoms with E-state index >= 15 is 0 Å². The molecular weight excluding hydrogens is 485 g/mol. The molecule has 190 valence electrons. The lowest BCUT2D eigenvalue weighted by atomic mass is 10.0. The molecule has 0 radical (unpaired) electrons. The first-order valence-electron chi connectivity index (χ1n) is 12.0. The van der Waals surface area contributed by atoms with Crippen molar-refractivity contribution in [3.63, 3.8) is 0 Å². The Balaban J connectivity index is 1.33. The Bertz CT molecular complexity index is 1430. The minimum Gasteiger partial charge on any atom is -0.444 e. The maximum Gasteiger partial charge on any atom is 0.411 e. The van der Waals surface area contributed by atoms with Gasteiger partial charge >= 0.3 is 12.1 Å². The average molecular weight is 510 g/mol. The van der Waals surface area contributed by atoms with Crippen LogP contribution < -0.4 is 10.2 Å². The predicted molar refractivity (Wildman–Crippen MR) is 141 cm³/mol. The van der Waals surface area contributed by atoms with Gasteiger partial charge in [-0.3, -0.25) is 10.1 Å². The quantitative estimate of drug-likeness (QED) is 0.297. The van der Waals surface area contributed by atoms with Gasteiger partial charge in [-0.25, -0.2) is 18.9 Å². The second-order valence-corrected chi connectivity index (χ2v) is 8.76. The van der Waals surface area contributed by atoms with E-state index in [2.05, 4.69) is 5.32 Å². The van der Waals surface area contributed by atoms with Crippen LogP contribution in [0.5, 0.6) is 0 Å². The third kappa shape index (κ3) is 5.39. The number of hydrogen-bond donors (Lipinski definition) is 1. The molecule has 1 atom stereocenters. The van der Waals surface area contributed by atoms with Crippen molar-refractivity contribution in [1.82, 2.24) is 4.90 Å². The van der Waals surface area contributed by atoms with Crippen LogP contribution >= 0.6 is 0 Å². The fourth-order valence-corrected chi connectivity index (χ4v) is 4.30. The number of carbonyl (C=O) groups is 3. The number of rotatable bonds is 7. The lowest BCUT2D eigenvalue weighted by Gasteiger charge is -2.22. The lowest BCUT2D eigenvalue weighted by Crippen LogP contribution is -2.32. The summed E-state index contributed by atoms with van der Waals surface area (Å²) in [6.45, 7) is 0.334. The molecule has 0 saturated carbocycles. The fraction of sp³-hybridized carbons (Fsp3) is 0.100. The number of hydrogen-bond acceptors (Lipinski definition) is 4. The Labute approximate surface area is 219 Å². The van der Waals surface area contributed by atoms with E-state index in [0.29, 0.717) is 16.9 Å². The Morgan fingerprint density at radius 1 is 0.789 bits per heavy atom. The number of ether oxygens (including phenoxy) is 1. The van der Waals surface area contributed by atoms with Gasteiger partial charge in [0.2, 0.25) is 0 Å². The molecule has 7 nitrogen and oxygen atoms in total. The Morgan fingerprint density at radius 3 is 2.03 bits per heavy atom. The van der Waals surface area contributed by atoms with Crippen molar-refractivity contribution in [1.29, 1.82) is 0 Å². The van der Waals surface area contributed by atoms with Crippen LogP contribution in [-0.2, 0) is 22.7 Å². The van der Waals surface area contributed by atoms with Crippen molar-refractivity contribution in [3.05, 3.63) is 132 Å². The van der Waals surface area contributed by atoms with E-state index in [4.69, 9.17) is 4.74 Å². The highest BCUT2D eigenvalue weighted by Crippen LogP contribution is 2.36. The molecule has 8 heteroatoms. The summed E-state index contributed by atoms with van der Waals surface area (Å²) in [6, 6.07) is 29.2. The molecule has 1 heterocycles. The molecule has 4 amide bonds. The highest BCUT2D eigenvalue weighted by atomic mass is 19.1. The second kappa shape index (κ2) is 11.0. The van der Waals surface area contributed by atoms with Crippen LogP contribution in [-0.4, -0.2) is 22.9 Å². The summed E-state index contributed by atoms with van der Waals surface area (Å²) in [4.78, 5) is 41.8. The van der Waals surface area contributed by atoms with E-state index in [9.17, 15) is 18.8 Å². The first kappa shape index (κ1) is 24.7. The number of halogens is 1. The molecule has 0 aliphatic carbocycles. The topological polar surface area (TPSA) is 79.0 Å². The zero-order valence-electron chi connectivity index (χ0n) is 20.3. The van der Waals surface area contributed by atoms with Crippen molar-refractivity contribution in [2.45, 2.75) is 19.2 Å². The molecule has 0 spiro atoms. The number of carbonyl (C=O) groups excluding carboxylic acids is 3. The number of nitrogens with one attached hydrogen (secondary N) is 1. The summed E-state index contributed by atoms with van der Waals surface area (Å²) in [5.41, 5.74) is 3.03. The van der Waals surface area contributed by atoms with Crippen molar-refractivity contribution in [3.8, 4) is 0 Å².